The lowest BCUT2D eigenvalue weighted by atomic mass is 9.91. The third-order valence-corrected chi connectivity index (χ3v) is 3.39. The van der Waals surface area contributed by atoms with E-state index < -0.39 is 0 Å². The molecular formula is C13H18N2O3. The van der Waals surface area contributed by atoms with Crippen LogP contribution in [0.1, 0.15) is 36.0 Å². The van der Waals surface area contributed by atoms with Crippen LogP contribution in [0.15, 0.2) is 23.3 Å². The van der Waals surface area contributed by atoms with Gasteiger partial charge in [-0.05, 0) is 25.7 Å². The SMILES string of the molecule is O=C(c1c[nH]ccc1=O)N(CCCO)C1CCC1. The van der Waals surface area contributed by atoms with Gasteiger partial charge in [0.1, 0.15) is 5.56 Å². The second-order valence-electron chi connectivity index (χ2n) is 4.58. The van der Waals surface area contributed by atoms with E-state index >= 15 is 0 Å². The van der Waals surface area contributed by atoms with Crippen LogP contribution in [-0.2, 0) is 0 Å². The van der Waals surface area contributed by atoms with Gasteiger partial charge in [-0.15, -0.1) is 0 Å². The highest BCUT2D eigenvalue weighted by atomic mass is 16.3. The molecule has 0 bridgehead atoms. The van der Waals surface area contributed by atoms with E-state index in [1.54, 1.807) is 4.90 Å². The van der Waals surface area contributed by atoms with Crippen molar-refractivity contribution in [3.05, 3.63) is 34.2 Å². The summed E-state index contributed by atoms with van der Waals surface area (Å²) in [5.74, 6) is -0.227. The first-order valence-corrected chi connectivity index (χ1v) is 6.33. The highest BCUT2D eigenvalue weighted by Gasteiger charge is 2.29. The monoisotopic (exact) mass is 250 g/mol. The fourth-order valence-electron chi connectivity index (χ4n) is 2.13. The molecule has 1 amide bonds. The molecule has 1 aliphatic rings. The predicted octanol–water partition coefficient (Wildman–Crippen LogP) is 0.752. The second kappa shape index (κ2) is 5.82. The summed E-state index contributed by atoms with van der Waals surface area (Å²) in [6.07, 6.45) is 6.62. The van der Waals surface area contributed by atoms with Gasteiger partial charge in [-0.3, -0.25) is 9.59 Å². The molecule has 0 aliphatic heterocycles. The summed E-state index contributed by atoms with van der Waals surface area (Å²) in [4.78, 5) is 28.5. The summed E-state index contributed by atoms with van der Waals surface area (Å²) in [6, 6.07) is 1.58. The Bertz CT molecular complexity index is 465. The molecule has 0 unspecified atom stereocenters. The first-order chi connectivity index (χ1) is 8.74. The number of aromatic amines is 1. The standard InChI is InChI=1S/C13H18N2O3/c16-8-2-7-15(10-3-1-4-10)13(18)11-9-14-6-5-12(11)17/h5-6,9-10,16H,1-4,7-8H2,(H,14,17). The molecule has 5 nitrogen and oxygen atoms in total. The molecule has 0 radical (unpaired) electrons. The molecule has 0 aromatic carbocycles. The molecule has 1 aromatic heterocycles. The second-order valence-corrected chi connectivity index (χ2v) is 4.58. The van der Waals surface area contributed by atoms with Gasteiger partial charge in [-0.1, -0.05) is 0 Å². The zero-order valence-corrected chi connectivity index (χ0v) is 10.3. The van der Waals surface area contributed by atoms with Gasteiger partial charge < -0.3 is 15.0 Å². The Morgan fingerprint density at radius 2 is 2.28 bits per heavy atom. The number of aliphatic hydroxyl groups is 1. The van der Waals surface area contributed by atoms with E-state index in [0.29, 0.717) is 13.0 Å². The van der Waals surface area contributed by atoms with Crippen molar-refractivity contribution in [3.8, 4) is 0 Å². The summed E-state index contributed by atoms with van der Waals surface area (Å²) in [7, 11) is 0. The Labute approximate surface area is 105 Å². The Kier molecular flexibility index (Phi) is 4.15. The minimum Gasteiger partial charge on any atom is -0.396 e. The van der Waals surface area contributed by atoms with Crippen LogP contribution < -0.4 is 5.43 Å². The normalized spacial score (nSPS) is 15.2. The van der Waals surface area contributed by atoms with E-state index in [-0.39, 0.29) is 29.5 Å². The van der Waals surface area contributed by atoms with Crippen LogP contribution in [0.2, 0.25) is 0 Å². The van der Waals surface area contributed by atoms with E-state index in [2.05, 4.69) is 4.98 Å². The van der Waals surface area contributed by atoms with Gasteiger partial charge in [0.2, 0.25) is 0 Å². The number of aliphatic hydroxyl groups excluding tert-OH is 1. The highest BCUT2D eigenvalue weighted by molar-refractivity contribution is 5.94. The van der Waals surface area contributed by atoms with Crippen LogP contribution in [0.25, 0.3) is 0 Å². The molecular weight excluding hydrogens is 232 g/mol. The smallest absolute Gasteiger partial charge is 0.259 e. The molecule has 5 heteroatoms. The number of nitrogens with zero attached hydrogens (tertiary/aromatic N) is 1. The molecule has 0 saturated heterocycles. The lowest BCUT2D eigenvalue weighted by molar-refractivity contribution is 0.0561. The molecule has 2 N–H and O–H groups in total. The number of H-pyrrole nitrogens is 1. The average molecular weight is 250 g/mol. The topological polar surface area (TPSA) is 73.4 Å². The van der Waals surface area contributed by atoms with Crippen molar-refractivity contribution in [1.82, 2.24) is 9.88 Å². The molecule has 1 fully saturated rings. The number of carbonyl (C=O) groups is 1. The van der Waals surface area contributed by atoms with Crippen molar-refractivity contribution in [3.63, 3.8) is 0 Å². The first-order valence-electron chi connectivity index (χ1n) is 6.33. The molecule has 1 aromatic rings. The van der Waals surface area contributed by atoms with Crippen molar-refractivity contribution in [1.29, 1.82) is 0 Å². The summed E-state index contributed by atoms with van der Waals surface area (Å²) < 4.78 is 0. The zero-order chi connectivity index (χ0) is 13.0. The maximum absolute atomic E-state index is 12.3. The number of hydrogen-bond donors (Lipinski definition) is 2. The third-order valence-electron chi connectivity index (χ3n) is 3.39. The van der Waals surface area contributed by atoms with E-state index in [1.807, 2.05) is 0 Å². The lowest BCUT2D eigenvalue weighted by Crippen LogP contribution is -2.46. The number of hydrogen-bond acceptors (Lipinski definition) is 3. The lowest BCUT2D eigenvalue weighted by Gasteiger charge is -2.37. The van der Waals surface area contributed by atoms with E-state index in [9.17, 15) is 9.59 Å². The van der Waals surface area contributed by atoms with Crippen molar-refractivity contribution >= 4 is 5.91 Å². The molecule has 1 heterocycles. The quantitative estimate of drug-likeness (QED) is 0.810. The minimum absolute atomic E-state index is 0.0572. The fourth-order valence-corrected chi connectivity index (χ4v) is 2.13. The van der Waals surface area contributed by atoms with E-state index in [1.165, 1.54) is 18.5 Å². The van der Waals surface area contributed by atoms with Crippen molar-refractivity contribution in [2.45, 2.75) is 31.7 Å². The molecule has 0 atom stereocenters. The maximum atomic E-state index is 12.3. The van der Waals surface area contributed by atoms with Crippen molar-refractivity contribution in [2.24, 2.45) is 0 Å². The number of nitrogens with one attached hydrogen (secondary N) is 1. The van der Waals surface area contributed by atoms with Crippen LogP contribution in [0.3, 0.4) is 0 Å². The van der Waals surface area contributed by atoms with Gasteiger partial charge in [0, 0.05) is 37.7 Å². The van der Waals surface area contributed by atoms with Crippen LogP contribution in [0, 0.1) is 0 Å². The number of aromatic nitrogens is 1. The number of carbonyl (C=O) groups excluding carboxylic acids is 1. The van der Waals surface area contributed by atoms with Gasteiger partial charge in [-0.25, -0.2) is 0 Å². The fraction of sp³-hybridized carbons (Fsp3) is 0.538. The number of amides is 1. The molecule has 1 saturated carbocycles. The molecule has 18 heavy (non-hydrogen) atoms. The highest BCUT2D eigenvalue weighted by Crippen LogP contribution is 2.25. The summed E-state index contributed by atoms with van der Waals surface area (Å²) in [5.41, 5.74) is -0.0746. The number of pyridine rings is 1. The zero-order valence-electron chi connectivity index (χ0n) is 10.3. The van der Waals surface area contributed by atoms with Gasteiger partial charge in [0.05, 0.1) is 0 Å². The van der Waals surface area contributed by atoms with Crippen LogP contribution >= 0.6 is 0 Å². The van der Waals surface area contributed by atoms with Crippen LogP contribution in [0.5, 0.6) is 0 Å². The Morgan fingerprint density at radius 3 is 2.83 bits per heavy atom. The molecule has 1 aliphatic carbocycles. The van der Waals surface area contributed by atoms with Crippen LogP contribution in [-0.4, -0.2) is 40.1 Å². The first kappa shape index (κ1) is 12.8. The van der Waals surface area contributed by atoms with Gasteiger partial charge in [0.15, 0.2) is 5.43 Å². The molecule has 98 valence electrons. The number of rotatable bonds is 5. The Morgan fingerprint density at radius 1 is 1.50 bits per heavy atom. The maximum Gasteiger partial charge on any atom is 0.259 e. The van der Waals surface area contributed by atoms with Crippen LogP contribution in [0.4, 0.5) is 0 Å². The largest absolute Gasteiger partial charge is 0.396 e. The summed E-state index contributed by atoms with van der Waals surface area (Å²) in [6.45, 7) is 0.565. The summed E-state index contributed by atoms with van der Waals surface area (Å²) >= 11 is 0. The van der Waals surface area contributed by atoms with Crippen molar-refractivity contribution < 1.29 is 9.90 Å². The van der Waals surface area contributed by atoms with E-state index in [4.69, 9.17) is 5.11 Å². The Balaban J connectivity index is 2.17. The molecule has 0 spiro atoms. The summed E-state index contributed by atoms with van der Waals surface area (Å²) in [5, 5.41) is 8.89. The van der Waals surface area contributed by atoms with E-state index in [0.717, 1.165) is 19.3 Å². The van der Waals surface area contributed by atoms with Gasteiger partial charge >= 0.3 is 0 Å². The third kappa shape index (κ3) is 2.61. The average Bonchev–Trinajstić information content (AvgIpc) is 2.32. The molecule has 2 rings (SSSR count). The Hall–Kier alpha value is -1.62. The van der Waals surface area contributed by atoms with Gasteiger partial charge in [-0.2, -0.15) is 0 Å². The van der Waals surface area contributed by atoms with Gasteiger partial charge in [0.25, 0.3) is 5.91 Å². The minimum atomic E-state index is -0.257. The van der Waals surface area contributed by atoms with Crippen molar-refractivity contribution in [2.75, 3.05) is 13.2 Å². The predicted molar refractivity (Wildman–Crippen MR) is 67.4 cm³/mol.